The summed E-state index contributed by atoms with van der Waals surface area (Å²) in [4.78, 5) is 17.6. The molecule has 0 spiro atoms. The molecule has 0 radical (unpaired) electrons. The molecule has 0 amide bonds. The van der Waals surface area contributed by atoms with E-state index in [4.69, 9.17) is 4.74 Å². The van der Waals surface area contributed by atoms with Crippen molar-refractivity contribution in [2.75, 3.05) is 31.3 Å². The first-order valence-corrected chi connectivity index (χ1v) is 6.78. The maximum atomic E-state index is 11.3. The normalized spacial score (nSPS) is 18.9. The predicted molar refractivity (Wildman–Crippen MR) is 77.7 cm³/mol. The van der Waals surface area contributed by atoms with Gasteiger partial charge in [-0.2, -0.15) is 0 Å². The summed E-state index contributed by atoms with van der Waals surface area (Å²) in [6, 6.07) is 7.13. The van der Waals surface area contributed by atoms with Gasteiger partial charge in [0, 0.05) is 23.5 Å². The number of aromatic nitrogens is 1. The third kappa shape index (κ3) is 2.43. The quantitative estimate of drug-likeness (QED) is 0.881. The molecule has 2 N–H and O–H groups in total. The van der Waals surface area contributed by atoms with E-state index in [0.29, 0.717) is 31.0 Å². The number of aromatic carboxylic acids is 1. The number of rotatable bonds is 3. The van der Waals surface area contributed by atoms with Gasteiger partial charge >= 0.3 is 5.97 Å². The van der Waals surface area contributed by atoms with Crippen molar-refractivity contribution >= 4 is 22.6 Å². The largest absolute Gasteiger partial charge is 0.478 e. The van der Waals surface area contributed by atoms with Gasteiger partial charge in [-0.1, -0.05) is 24.3 Å². The van der Waals surface area contributed by atoms with E-state index in [9.17, 15) is 15.0 Å². The second-order valence-corrected chi connectivity index (χ2v) is 4.95. The van der Waals surface area contributed by atoms with E-state index in [-0.39, 0.29) is 18.2 Å². The smallest absolute Gasteiger partial charge is 0.337 e. The first-order valence-electron chi connectivity index (χ1n) is 6.78. The first kappa shape index (κ1) is 13.8. The molecule has 1 unspecified atom stereocenters. The summed E-state index contributed by atoms with van der Waals surface area (Å²) >= 11 is 0. The standard InChI is InChI=1S/C15H16N2O4/c18-8-10-9-21-6-5-17(10)14-12-4-2-1-3-11(12)13(7-16-14)15(19)20/h1-4,7,10,18H,5-6,8-9H2,(H,19,20). The number of hydrogen-bond donors (Lipinski definition) is 2. The van der Waals surface area contributed by atoms with Gasteiger partial charge in [-0.05, 0) is 0 Å². The number of ether oxygens (including phenoxy) is 1. The molecule has 6 heteroatoms. The summed E-state index contributed by atoms with van der Waals surface area (Å²) in [5.74, 6) is -0.302. The van der Waals surface area contributed by atoms with Crippen LogP contribution in [-0.2, 0) is 4.74 Å². The lowest BCUT2D eigenvalue weighted by atomic mass is 10.1. The lowest BCUT2D eigenvalue weighted by Crippen LogP contribution is -2.48. The minimum absolute atomic E-state index is 0.0311. The van der Waals surface area contributed by atoms with Crippen LogP contribution in [0.25, 0.3) is 10.8 Å². The highest BCUT2D eigenvalue weighted by Crippen LogP contribution is 2.29. The van der Waals surface area contributed by atoms with Gasteiger partial charge in [-0.3, -0.25) is 0 Å². The maximum absolute atomic E-state index is 11.3. The lowest BCUT2D eigenvalue weighted by molar-refractivity contribution is 0.0696. The van der Waals surface area contributed by atoms with Gasteiger partial charge in [0.15, 0.2) is 0 Å². The van der Waals surface area contributed by atoms with Crippen molar-refractivity contribution < 1.29 is 19.7 Å². The van der Waals surface area contributed by atoms with Crippen LogP contribution in [-0.4, -0.2) is 53.6 Å². The van der Waals surface area contributed by atoms with Gasteiger partial charge in [0.25, 0.3) is 0 Å². The molecular formula is C15H16N2O4. The molecule has 1 saturated heterocycles. The third-order valence-corrected chi connectivity index (χ3v) is 3.71. The van der Waals surface area contributed by atoms with E-state index in [0.717, 1.165) is 5.39 Å². The monoisotopic (exact) mass is 288 g/mol. The summed E-state index contributed by atoms with van der Waals surface area (Å²) in [5.41, 5.74) is 0.183. The molecule has 2 aromatic rings. The zero-order chi connectivity index (χ0) is 14.8. The van der Waals surface area contributed by atoms with Crippen molar-refractivity contribution in [3.63, 3.8) is 0 Å². The zero-order valence-corrected chi connectivity index (χ0v) is 11.4. The van der Waals surface area contributed by atoms with Crippen molar-refractivity contribution in [2.45, 2.75) is 6.04 Å². The molecule has 0 bridgehead atoms. The second kappa shape index (κ2) is 5.67. The highest BCUT2D eigenvalue weighted by Gasteiger charge is 2.25. The molecule has 21 heavy (non-hydrogen) atoms. The van der Waals surface area contributed by atoms with Crippen LogP contribution in [0.15, 0.2) is 30.5 Å². The summed E-state index contributed by atoms with van der Waals surface area (Å²) < 4.78 is 5.38. The van der Waals surface area contributed by atoms with Crippen molar-refractivity contribution in [3.8, 4) is 0 Å². The molecule has 110 valence electrons. The number of hydrogen-bond acceptors (Lipinski definition) is 5. The van der Waals surface area contributed by atoms with Gasteiger partial charge in [0.05, 0.1) is 31.4 Å². The Hall–Kier alpha value is -2.18. The fourth-order valence-corrected chi connectivity index (χ4v) is 2.66. The highest BCUT2D eigenvalue weighted by molar-refractivity contribution is 6.06. The van der Waals surface area contributed by atoms with Gasteiger partial charge < -0.3 is 19.8 Å². The molecule has 6 nitrogen and oxygen atoms in total. The van der Waals surface area contributed by atoms with E-state index in [2.05, 4.69) is 4.98 Å². The number of anilines is 1. The fourth-order valence-electron chi connectivity index (χ4n) is 2.66. The Bertz CT molecular complexity index is 674. The number of carbonyl (C=O) groups is 1. The number of morpholine rings is 1. The molecular weight excluding hydrogens is 272 g/mol. The number of nitrogens with zero attached hydrogens (tertiary/aromatic N) is 2. The molecule has 2 heterocycles. The fraction of sp³-hybridized carbons (Fsp3) is 0.333. The molecule has 3 rings (SSSR count). The number of carboxylic acid groups (broad SMARTS) is 1. The number of pyridine rings is 1. The van der Waals surface area contributed by atoms with Gasteiger partial charge in [-0.15, -0.1) is 0 Å². The average molecular weight is 288 g/mol. The number of aliphatic hydroxyl groups is 1. The Morgan fingerprint density at radius 3 is 2.86 bits per heavy atom. The molecule has 1 aliphatic rings. The summed E-state index contributed by atoms with van der Waals surface area (Å²) in [5, 5.41) is 20.2. The maximum Gasteiger partial charge on any atom is 0.337 e. The van der Waals surface area contributed by atoms with Crippen LogP contribution in [0.3, 0.4) is 0 Å². The van der Waals surface area contributed by atoms with Crippen LogP contribution in [0, 0.1) is 0 Å². The van der Waals surface area contributed by atoms with Crippen molar-refractivity contribution in [3.05, 3.63) is 36.0 Å². The number of benzene rings is 1. The van der Waals surface area contributed by atoms with Crippen LogP contribution >= 0.6 is 0 Å². The Morgan fingerprint density at radius 2 is 2.14 bits per heavy atom. The summed E-state index contributed by atoms with van der Waals surface area (Å²) in [6.45, 7) is 1.59. The minimum Gasteiger partial charge on any atom is -0.478 e. The molecule has 0 aliphatic carbocycles. The van der Waals surface area contributed by atoms with Crippen LogP contribution in [0.4, 0.5) is 5.82 Å². The molecule has 1 fully saturated rings. The lowest BCUT2D eigenvalue weighted by Gasteiger charge is -2.36. The van der Waals surface area contributed by atoms with E-state index in [1.807, 2.05) is 17.0 Å². The highest BCUT2D eigenvalue weighted by atomic mass is 16.5. The Kier molecular flexibility index (Phi) is 3.72. The molecule has 1 aliphatic heterocycles. The van der Waals surface area contributed by atoms with Crippen LogP contribution < -0.4 is 4.90 Å². The zero-order valence-electron chi connectivity index (χ0n) is 11.4. The number of carboxylic acids is 1. The van der Waals surface area contributed by atoms with Crippen molar-refractivity contribution in [1.29, 1.82) is 0 Å². The SMILES string of the molecule is O=C(O)c1cnc(N2CCOCC2CO)c2ccccc12. The van der Waals surface area contributed by atoms with E-state index < -0.39 is 5.97 Å². The van der Waals surface area contributed by atoms with Crippen molar-refractivity contribution in [2.24, 2.45) is 0 Å². The van der Waals surface area contributed by atoms with E-state index >= 15 is 0 Å². The van der Waals surface area contributed by atoms with Crippen molar-refractivity contribution in [1.82, 2.24) is 4.98 Å². The number of aliphatic hydroxyl groups excluding tert-OH is 1. The van der Waals surface area contributed by atoms with Gasteiger partial charge in [-0.25, -0.2) is 9.78 Å². The van der Waals surface area contributed by atoms with Gasteiger partial charge in [0.1, 0.15) is 5.82 Å². The number of fused-ring (bicyclic) bond motifs is 1. The third-order valence-electron chi connectivity index (χ3n) is 3.71. The second-order valence-electron chi connectivity index (χ2n) is 4.95. The summed E-state index contributed by atoms with van der Waals surface area (Å²) in [7, 11) is 0. The van der Waals surface area contributed by atoms with Gasteiger partial charge in [0.2, 0.25) is 0 Å². The van der Waals surface area contributed by atoms with Crippen LogP contribution in [0.1, 0.15) is 10.4 Å². The molecule has 1 aromatic heterocycles. The summed E-state index contributed by atoms with van der Waals surface area (Å²) in [6.07, 6.45) is 1.38. The minimum atomic E-state index is -0.995. The Labute approximate surface area is 121 Å². The molecule has 0 saturated carbocycles. The average Bonchev–Trinajstić information content (AvgIpc) is 2.53. The van der Waals surface area contributed by atoms with E-state index in [1.54, 1.807) is 12.1 Å². The molecule has 1 aromatic carbocycles. The molecule has 1 atom stereocenters. The Morgan fingerprint density at radius 1 is 1.38 bits per heavy atom. The topological polar surface area (TPSA) is 82.9 Å². The van der Waals surface area contributed by atoms with E-state index in [1.165, 1.54) is 6.20 Å². The Balaban J connectivity index is 2.15. The van der Waals surface area contributed by atoms with Crippen LogP contribution in [0.2, 0.25) is 0 Å². The predicted octanol–water partition coefficient (Wildman–Crippen LogP) is 1.13. The first-order chi connectivity index (χ1) is 10.2. The van der Waals surface area contributed by atoms with Crippen LogP contribution in [0.5, 0.6) is 0 Å².